The molecule has 0 aliphatic rings. The van der Waals surface area contributed by atoms with Gasteiger partial charge in [0.05, 0.1) is 10.6 Å². The largest absolute Gasteiger partial charge is 0.378 e. The highest BCUT2D eigenvalue weighted by Crippen LogP contribution is 2.27. The van der Waals surface area contributed by atoms with E-state index in [1.165, 1.54) is 11.8 Å². The highest BCUT2D eigenvalue weighted by molar-refractivity contribution is 7.99. The lowest BCUT2D eigenvalue weighted by Crippen LogP contribution is -2.15. The topological polar surface area (TPSA) is 63.1 Å². The molecular weight excluding hydrogens is 366 g/mol. The minimum atomic E-state index is -0.0593. The summed E-state index contributed by atoms with van der Waals surface area (Å²) in [5, 5.41) is 14.2. The van der Waals surface area contributed by atoms with Crippen molar-refractivity contribution in [2.45, 2.75) is 18.6 Å². The number of amides is 1. The van der Waals surface area contributed by atoms with E-state index >= 15 is 0 Å². The monoisotopic (exact) mass is 387 g/mol. The lowest BCUT2D eigenvalue weighted by Gasteiger charge is -2.13. The summed E-state index contributed by atoms with van der Waals surface area (Å²) in [5.41, 5.74) is 1.88. The minimum absolute atomic E-state index is 0.0593. The molecule has 8 heteroatoms. The Hall–Kier alpha value is -2.32. The molecule has 1 N–H and O–H groups in total. The molecule has 2 aromatic heterocycles. The van der Waals surface area contributed by atoms with E-state index in [2.05, 4.69) is 22.4 Å². The van der Waals surface area contributed by atoms with E-state index in [1.54, 1.807) is 11.3 Å². The summed E-state index contributed by atoms with van der Waals surface area (Å²) >= 11 is 3.03. The Kier molecular flexibility index (Phi) is 5.95. The molecule has 0 unspecified atom stereocenters. The molecular formula is C18H21N5OS2. The molecule has 0 fully saturated rings. The summed E-state index contributed by atoms with van der Waals surface area (Å²) in [5.74, 6) is 1.08. The molecule has 2 heterocycles. The summed E-state index contributed by atoms with van der Waals surface area (Å²) in [6, 6.07) is 11.8. The first-order valence-electron chi connectivity index (χ1n) is 8.25. The number of hydrogen-bond donors (Lipinski definition) is 1. The van der Waals surface area contributed by atoms with E-state index in [4.69, 9.17) is 0 Å². The summed E-state index contributed by atoms with van der Waals surface area (Å²) in [6.45, 7) is 2.81. The number of rotatable bonds is 7. The summed E-state index contributed by atoms with van der Waals surface area (Å²) < 4.78 is 2.04. The van der Waals surface area contributed by atoms with Crippen molar-refractivity contribution in [3.8, 4) is 10.7 Å². The Labute approximate surface area is 161 Å². The highest BCUT2D eigenvalue weighted by atomic mass is 32.2. The zero-order valence-corrected chi connectivity index (χ0v) is 16.6. The Morgan fingerprint density at radius 2 is 2.00 bits per heavy atom. The second kappa shape index (κ2) is 8.37. The van der Waals surface area contributed by atoms with E-state index < -0.39 is 0 Å². The number of benzene rings is 1. The van der Waals surface area contributed by atoms with Crippen molar-refractivity contribution < 1.29 is 4.79 Å². The molecule has 0 spiro atoms. The average Bonchev–Trinajstić information content (AvgIpc) is 3.29. The highest BCUT2D eigenvalue weighted by Gasteiger charge is 2.15. The number of anilines is 2. The molecule has 1 aromatic carbocycles. The fourth-order valence-corrected chi connectivity index (χ4v) is 3.96. The molecule has 0 aliphatic carbocycles. The fraction of sp³-hybridized carbons (Fsp3) is 0.278. The van der Waals surface area contributed by atoms with Gasteiger partial charge in [0, 0.05) is 32.0 Å². The number of aromatic nitrogens is 3. The van der Waals surface area contributed by atoms with Crippen molar-refractivity contribution in [3.63, 3.8) is 0 Å². The van der Waals surface area contributed by atoms with Crippen LogP contribution in [0.5, 0.6) is 0 Å². The Morgan fingerprint density at radius 1 is 1.23 bits per heavy atom. The van der Waals surface area contributed by atoms with Gasteiger partial charge in [0.2, 0.25) is 5.91 Å². The fourth-order valence-electron chi connectivity index (χ4n) is 2.44. The molecule has 0 saturated heterocycles. The number of hydrogen-bond acceptors (Lipinski definition) is 6. The number of nitrogens with one attached hydrogen (secondary N) is 1. The number of carbonyl (C=O) groups is 1. The van der Waals surface area contributed by atoms with Crippen LogP contribution in [0, 0.1) is 0 Å². The second-order valence-corrected chi connectivity index (χ2v) is 7.70. The van der Waals surface area contributed by atoms with Crippen LogP contribution in [0.15, 0.2) is 46.9 Å². The predicted octanol–water partition coefficient (Wildman–Crippen LogP) is 3.82. The smallest absolute Gasteiger partial charge is 0.234 e. The molecule has 3 aromatic rings. The molecule has 0 aliphatic heterocycles. The molecule has 6 nitrogen and oxygen atoms in total. The van der Waals surface area contributed by atoms with Crippen LogP contribution in [0.3, 0.4) is 0 Å². The van der Waals surface area contributed by atoms with Gasteiger partial charge in [-0.2, -0.15) is 0 Å². The third kappa shape index (κ3) is 4.25. The van der Waals surface area contributed by atoms with Crippen LogP contribution >= 0.6 is 23.1 Å². The van der Waals surface area contributed by atoms with Gasteiger partial charge >= 0.3 is 0 Å². The van der Waals surface area contributed by atoms with Crippen molar-refractivity contribution in [2.24, 2.45) is 0 Å². The van der Waals surface area contributed by atoms with Gasteiger partial charge in [0.25, 0.3) is 0 Å². The van der Waals surface area contributed by atoms with Crippen molar-refractivity contribution in [1.29, 1.82) is 0 Å². The first-order chi connectivity index (χ1) is 12.6. The number of carbonyl (C=O) groups excluding carboxylic acids is 1. The van der Waals surface area contributed by atoms with E-state index in [9.17, 15) is 4.79 Å². The van der Waals surface area contributed by atoms with Gasteiger partial charge in [-0.1, -0.05) is 17.8 Å². The molecule has 1 amide bonds. The Morgan fingerprint density at radius 3 is 2.62 bits per heavy atom. The molecule has 26 heavy (non-hydrogen) atoms. The van der Waals surface area contributed by atoms with Crippen LogP contribution in [0.1, 0.15) is 6.92 Å². The lowest BCUT2D eigenvalue weighted by atomic mass is 10.2. The van der Waals surface area contributed by atoms with Crippen LogP contribution in [-0.2, 0) is 11.3 Å². The van der Waals surface area contributed by atoms with Crippen LogP contribution < -0.4 is 10.2 Å². The summed E-state index contributed by atoms with van der Waals surface area (Å²) in [4.78, 5) is 15.3. The number of thioether (sulfide) groups is 1. The quantitative estimate of drug-likeness (QED) is 0.625. The van der Waals surface area contributed by atoms with Crippen molar-refractivity contribution in [2.75, 3.05) is 30.1 Å². The van der Waals surface area contributed by atoms with Crippen molar-refractivity contribution in [1.82, 2.24) is 14.8 Å². The lowest BCUT2D eigenvalue weighted by molar-refractivity contribution is -0.113. The predicted molar refractivity (Wildman–Crippen MR) is 109 cm³/mol. The number of thiophene rings is 1. The molecule has 0 radical (unpaired) electrons. The average molecular weight is 388 g/mol. The summed E-state index contributed by atoms with van der Waals surface area (Å²) in [6.07, 6.45) is 0. The van der Waals surface area contributed by atoms with Gasteiger partial charge in [-0.05, 0) is 42.6 Å². The third-order valence-corrected chi connectivity index (χ3v) is 5.61. The molecule has 0 saturated carbocycles. The number of nitrogens with zero attached hydrogens (tertiary/aromatic N) is 4. The molecule has 3 rings (SSSR count). The van der Waals surface area contributed by atoms with Crippen molar-refractivity contribution >= 4 is 40.4 Å². The maximum absolute atomic E-state index is 12.2. The standard InChI is InChI=1S/C18H21N5OS2/c1-4-23-17(15-6-5-11-25-15)20-21-18(23)26-12-16(24)19-13-7-9-14(10-8-13)22(2)3/h5-11H,4,12H2,1-3H3,(H,19,24). The van der Waals surface area contributed by atoms with Gasteiger partial charge in [0.1, 0.15) is 0 Å². The van der Waals surface area contributed by atoms with Gasteiger partial charge in [0.15, 0.2) is 11.0 Å². The molecule has 136 valence electrons. The molecule has 0 bridgehead atoms. The maximum atomic E-state index is 12.2. The first-order valence-corrected chi connectivity index (χ1v) is 10.1. The zero-order valence-electron chi connectivity index (χ0n) is 15.0. The maximum Gasteiger partial charge on any atom is 0.234 e. The summed E-state index contributed by atoms with van der Waals surface area (Å²) in [7, 11) is 3.97. The van der Waals surface area contributed by atoms with E-state index in [0.717, 1.165) is 33.8 Å². The van der Waals surface area contributed by atoms with E-state index in [-0.39, 0.29) is 11.7 Å². The molecule has 0 atom stereocenters. The SMILES string of the molecule is CCn1c(SCC(=O)Nc2ccc(N(C)C)cc2)nnc1-c1cccs1. The van der Waals surface area contributed by atoms with E-state index in [1.807, 2.05) is 65.3 Å². The van der Waals surface area contributed by atoms with Gasteiger partial charge in [-0.25, -0.2) is 0 Å². The Balaban J connectivity index is 1.61. The normalized spacial score (nSPS) is 10.7. The van der Waals surface area contributed by atoms with Crippen LogP contribution in [-0.4, -0.2) is 40.5 Å². The van der Waals surface area contributed by atoms with Gasteiger partial charge in [-0.15, -0.1) is 21.5 Å². The first kappa shape index (κ1) is 18.5. The van der Waals surface area contributed by atoms with Gasteiger partial charge < -0.3 is 14.8 Å². The van der Waals surface area contributed by atoms with E-state index in [0.29, 0.717) is 0 Å². The van der Waals surface area contributed by atoms with Crippen LogP contribution in [0.25, 0.3) is 10.7 Å². The van der Waals surface area contributed by atoms with Crippen LogP contribution in [0.2, 0.25) is 0 Å². The van der Waals surface area contributed by atoms with Gasteiger partial charge in [-0.3, -0.25) is 4.79 Å². The van der Waals surface area contributed by atoms with Crippen molar-refractivity contribution in [3.05, 3.63) is 41.8 Å². The minimum Gasteiger partial charge on any atom is -0.378 e. The second-order valence-electron chi connectivity index (χ2n) is 5.81. The Bertz CT molecular complexity index is 856. The zero-order chi connectivity index (χ0) is 18.5. The third-order valence-electron chi connectivity index (χ3n) is 3.77. The van der Waals surface area contributed by atoms with Crippen LogP contribution in [0.4, 0.5) is 11.4 Å².